The Bertz CT molecular complexity index is 1900. The summed E-state index contributed by atoms with van der Waals surface area (Å²) < 4.78 is 26.9. The van der Waals surface area contributed by atoms with Crippen LogP contribution >= 0.6 is 22.7 Å². The van der Waals surface area contributed by atoms with Crippen LogP contribution < -0.4 is 0 Å². The number of rotatable bonds is 6. The van der Waals surface area contributed by atoms with Gasteiger partial charge in [0.15, 0.2) is 0 Å². The monoisotopic (exact) mass is 655 g/mol. The maximum Gasteiger partial charge on any atom is 0.221 e. The minimum atomic E-state index is -0.390. The molecule has 230 valence electrons. The third-order valence-electron chi connectivity index (χ3n) is 8.85. The molecule has 2 atom stereocenters. The Morgan fingerprint density at radius 1 is 0.674 bits per heavy atom. The first-order valence-electron chi connectivity index (χ1n) is 14.6. The molecule has 0 radical (unpaired) electrons. The second-order valence-electron chi connectivity index (χ2n) is 11.4. The Labute approximate surface area is 269 Å². The van der Waals surface area contributed by atoms with Gasteiger partial charge in [0.25, 0.3) is 0 Å². The number of ketones is 4. The molecule has 0 N–H and O–H groups in total. The van der Waals surface area contributed by atoms with Crippen molar-refractivity contribution in [2.24, 2.45) is 0 Å². The van der Waals surface area contributed by atoms with E-state index in [9.17, 15) is 28.0 Å². The predicted octanol–water partition coefficient (Wildman–Crippen LogP) is 5.43. The number of hydrogen-bond acceptors (Lipinski definition) is 11. The van der Waals surface area contributed by atoms with Gasteiger partial charge in [0.2, 0.25) is 23.1 Å². The lowest BCUT2D eigenvalue weighted by Gasteiger charge is -2.56. The minimum absolute atomic E-state index is 0.103. The molecule has 0 amide bonds. The number of benzene rings is 2. The number of hydrogen-bond donors (Lipinski definition) is 0. The maximum absolute atomic E-state index is 13.7. The molecule has 2 aliphatic heterocycles. The first-order chi connectivity index (χ1) is 22.2. The third-order valence-corrected chi connectivity index (χ3v) is 11.1. The number of allylic oxidation sites excluding steroid dienone is 4. The molecule has 2 aliphatic carbocycles. The highest BCUT2D eigenvalue weighted by Gasteiger charge is 2.46. The Morgan fingerprint density at radius 3 is 1.41 bits per heavy atom. The van der Waals surface area contributed by atoms with Crippen LogP contribution in [0.4, 0.5) is 8.78 Å². The lowest BCUT2D eigenvalue weighted by atomic mass is 9.96. The predicted molar refractivity (Wildman–Crippen MR) is 166 cm³/mol. The van der Waals surface area contributed by atoms with Crippen LogP contribution in [-0.4, -0.2) is 80.3 Å². The first kappa shape index (κ1) is 28.7. The van der Waals surface area contributed by atoms with Gasteiger partial charge in [-0.2, -0.15) is 0 Å². The molecule has 8 rings (SSSR count). The summed E-state index contributed by atoms with van der Waals surface area (Å²) in [5, 5.41) is 0.940. The van der Waals surface area contributed by atoms with E-state index in [-0.39, 0.29) is 68.2 Å². The first-order valence-corrected chi connectivity index (χ1v) is 16.2. The quantitative estimate of drug-likeness (QED) is 0.269. The van der Waals surface area contributed by atoms with Crippen LogP contribution in [0.3, 0.4) is 0 Å². The van der Waals surface area contributed by atoms with Crippen molar-refractivity contribution in [1.82, 2.24) is 24.7 Å². The fourth-order valence-electron chi connectivity index (χ4n) is 6.24. The van der Waals surface area contributed by atoms with Crippen molar-refractivity contribution in [2.45, 2.75) is 25.2 Å². The van der Waals surface area contributed by atoms with Crippen molar-refractivity contribution >= 4 is 45.8 Å². The number of thiazole rings is 2. The molecule has 4 aromatic rings. The Kier molecular flexibility index (Phi) is 6.67. The number of nitrogens with zero attached hydrogens (tertiary/aromatic N) is 5. The van der Waals surface area contributed by atoms with Gasteiger partial charge in [-0.1, -0.05) is 0 Å². The van der Waals surface area contributed by atoms with Crippen LogP contribution in [0.5, 0.6) is 0 Å². The molecular weight excluding hydrogens is 633 g/mol. The van der Waals surface area contributed by atoms with E-state index in [1.165, 1.54) is 36.4 Å². The molecule has 0 saturated carbocycles. The highest BCUT2D eigenvalue weighted by molar-refractivity contribution is 7.18. The van der Waals surface area contributed by atoms with E-state index in [0.29, 0.717) is 45.6 Å². The zero-order valence-corrected chi connectivity index (χ0v) is 25.8. The summed E-state index contributed by atoms with van der Waals surface area (Å²) in [6.45, 7) is 1.14. The van der Waals surface area contributed by atoms with Gasteiger partial charge in [-0.3, -0.25) is 24.1 Å². The molecule has 2 saturated heterocycles. The standard InChI is InChI=1S/C33H23F2N5O4S2/c1-38(24-10-12-39(24)20-14-22(41)26-30(28(20)43)45-32(36-26)16-2-6-18(34)7-3-16)25-11-13-40(25)21-15-23(42)27-31(29(21)44)46-33(37-27)17-4-8-19(35)9-5-17/h2-9,14-15,24-25H,10-13H2,1H3. The van der Waals surface area contributed by atoms with E-state index in [4.69, 9.17) is 0 Å². The number of Topliss-reactive ketones (excluding diaryl/α,β-unsaturated/α-hetero) is 2. The summed E-state index contributed by atoms with van der Waals surface area (Å²) in [4.78, 5) is 68.7. The van der Waals surface area contributed by atoms with Crippen LogP contribution in [0.15, 0.2) is 72.1 Å². The highest BCUT2D eigenvalue weighted by Crippen LogP contribution is 2.40. The number of halogens is 2. The van der Waals surface area contributed by atoms with Crippen LogP contribution in [0, 0.1) is 11.6 Å². The van der Waals surface area contributed by atoms with Crippen molar-refractivity contribution in [1.29, 1.82) is 0 Å². The second kappa shape index (κ2) is 10.7. The summed E-state index contributed by atoms with van der Waals surface area (Å²) in [7, 11) is 1.91. The van der Waals surface area contributed by atoms with Gasteiger partial charge in [-0.25, -0.2) is 18.7 Å². The van der Waals surface area contributed by atoms with E-state index in [1.807, 2.05) is 16.8 Å². The van der Waals surface area contributed by atoms with Crippen molar-refractivity contribution in [3.8, 4) is 21.1 Å². The van der Waals surface area contributed by atoms with Gasteiger partial charge in [0.05, 0.1) is 23.7 Å². The molecule has 2 aromatic carbocycles. The van der Waals surface area contributed by atoms with Crippen molar-refractivity contribution in [3.63, 3.8) is 0 Å². The zero-order chi connectivity index (χ0) is 31.9. The molecular formula is C33H23F2N5O4S2. The van der Waals surface area contributed by atoms with E-state index >= 15 is 0 Å². The molecule has 9 nitrogen and oxygen atoms in total. The number of likely N-dealkylation sites (tertiary alicyclic amines) is 2. The van der Waals surface area contributed by atoms with Gasteiger partial charge >= 0.3 is 0 Å². The van der Waals surface area contributed by atoms with Crippen LogP contribution in [0.2, 0.25) is 0 Å². The van der Waals surface area contributed by atoms with Crippen LogP contribution in [0.25, 0.3) is 21.1 Å². The lowest BCUT2D eigenvalue weighted by molar-refractivity contribution is -0.0902. The van der Waals surface area contributed by atoms with Crippen LogP contribution in [-0.2, 0) is 0 Å². The Balaban J connectivity index is 0.999. The van der Waals surface area contributed by atoms with E-state index < -0.39 is 0 Å². The Morgan fingerprint density at radius 2 is 1.07 bits per heavy atom. The third kappa shape index (κ3) is 4.49. The van der Waals surface area contributed by atoms with Gasteiger partial charge < -0.3 is 9.80 Å². The summed E-state index contributed by atoms with van der Waals surface area (Å²) in [6.07, 6.45) is 3.74. The molecule has 4 heterocycles. The smallest absolute Gasteiger partial charge is 0.221 e. The fraction of sp³-hybridized carbons (Fsp3) is 0.212. The van der Waals surface area contributed by atoms with E-state index in [0.717, 1.165) is 35.5 Å². The summed E-state index contributed by atoms with van der Waals surface area (Å²) in [6, 6.07) is 11.5. The minimum Gasteiger partial charge on any atom is -0.352 e. The summed E-state index contributed by atoms with van der Waals surface area (Å²) in [5.41, 5.74) is 2.05. The zero-order valence-electron chi connectivity index (χ0n) is 24.2. The van der Waals surface area contributed by atoms with E-state index in [1.54, 1.807) is 24.3 Å². The highest BCUT2D eigenvalue weighted by atomic mass is 32.1. The lowest BCUT2D eigenvalue weighted by Crippen LogP contribution is -2.66. The summed E-state index contributed by atoms with van der Waals surface area (Å²) in [5.74, 6) is -2.06. The van der Waals surface area contributed by atoms with Gasteiger partial charge in [0.1, 0.15) is 42.8 Å². The summed E-state index contributed by atoms with van der Waals surface area (Å²) >= 11 is 2.23. The molecule has 13 heteroatoms. The molecule has 0 spiro atoms. The maximum atomic E-state index is 13.7. The molecule has 2 aromatic heterocycles. The second-order valence-corrected chi connectivity index (χ2v) is 13.4. The molecule has 0 bridgehead atoms. The molecule has 46 heavy (non-hydrogen) atoms. The molecule has 4 aliphatic rings. The largest absolute Gasteiger partial charge is 0.352 e. The normalized spacial score (nSPS) is 20.7. The number of carbonyl (C=O) groups is 4. The van der Waals surface area contributed by atoms with Crippen molar-refractivity contribution in [2.75, 3.05) is 20.1 Å². The number of aromatic nitrogens is 2. The van der Waals surface area contributed by atoms with Crippen molar-refractivity contribution < 1.29 is 28.0 Å². The molecule has 2 fully saturated rings. The van der Waals surface area contributed by atoms with Crippen molar-refractivity contribution in [3.05, 3.63) is 105 Å². The average Bonchev–Trinajstić information content (AvgIpc) is 3.65. The van der Waals surface area contributed by atoms with Gasteiger partial charge in [-0.15, -0.1) is 22.7 Å². The average molecular weight is 656 g/mol. The van der Waals surface area contributed by atoms with Gasteiger partial charge in [0, 0.05) is 36.4 Å². The van der Waals surface area contributed by atoms with Gasteiger partial charge in [-0.05, 0) is 68.4 Å². The topological polar surface area (TPSA) is 104 Å². The fourth-order valence-corrected chi connectivity index (χ4v) is 8.29. The molecule has 2 unspecified atom stereocenters. The SMILES string of the molecule is CN(C1CCN1C1=CC(=O)c2nc(-c3ccc(F)cc3)sc2C1=O)C1CCN1C1=CC(=O)c2nc(-c3ccc(F)cc3)sc2C1=O. The number of carbonyl (C=O) groups excluding carboxylic acids is 4. The van der Waals surface area contributed by atoms with E-state index in [2.05, 4.69) is 14.9 Å². The Hall–Kier alpha value is -4.72. The number of fused-ring (bicyclic) bond motifs is 2. The van der Waals surface area contributed by atoms with Crippen LogP contribution in [0.1, 0.15) is 53.2 Å².